The summed E-state index contributed by atoms with van der Waals surface area (Å²) in [5.74, 6) is -1.22. The van der Waals surface area contributed by atoms with Crippen LogP contribution in [0.3, 0.4) is 0 Å². The SMILES string of the molecule is CC1C(C(F)(F)F)CCN1CCO. The van der Waals surface area contributed by atoms with Gasteiger partial charge in [0.25, 0.3) is 0 Å². The number of hydrogen-bond donors (Lipinski definition) is 1. The average Bonchev–Trinajstić information content (AvgIpc) is 2.32. The van der Waals surface area contributed by atoms with Gasteiger partial charge in [0.2, 0.25) is 0 Å². The minimum Gasteiger partial charge on any atom is -0.395 e. The van der Waals surface area contributed by atoms with E-state index in [4.69, 9.17) is 5.11 Å². The van der Waals surface area contributed by atoms with E-state index in [1.165, 1.54) is 0 Å². The highest BCUT2D eigenvalue weighted by molar-refractivity contribution is 4.87. The lowest BCUT2D eigenvalue weighted by Gasteiger charge is -2.24. The van der Waals surface area contributed by atoms with Gasteiger partial charge >= 0.3 is 6.18 Å². The fourth-order valence-electron chi connectivity index (χ4n) is 1.89. The highest BCUT2D eigenvalue weighted by Gasteiger charge is 2.47. The van der Waals surface area contributed by atoms with Crippen LogP contribution in [-0.4, -0.2) is 41.9 Å². The molecule has 2 atom stereocenters. The standard InChI is InChI=1S/C8H14F3NO/c1-6-7(8(9,10)11)2-3-12(6)4-5-13/h6-7,13H,2-5H2,1H3. The first kappa shape index (κ1) is 10.8. The molecule has 1 rings (SSSR count). The van der Waals surface area contributed by atoms with Crippen molar-refractivity contribution in [2.45, 2.75) is 25.6 Å². The number of rotatable bonds is 2. The van der Waals surface area contributed by atoms with Gasteiger partial charge in [-0.15, -0.1) is 0 Å². The molecule has 0 aromatic rings. The molecule has 1 aliphatic rings. The van der Waals surface area contributed by atoms with E-state index in [-0.39, 0.29) is 13.0 Å². The van der Waals surface area contributed by atoms with E-state index >= 15 is 0 Å². The molecule has 1 N–H and O–H groups in total. The fourth-order valence-corrected chi connectivity index (χ4v) is 1.89. The van der Waals surface area contributed by atoms with E-state index in [2.05, 4.69) is 0 Å². The molecule has 0 aromatic heterocycles. The molecule has 1 saturated heterocycles. The summed E-state index contributed by atoms with van der Waals surface area (Å²) in [6, 6.07) is -0.493. The zero-order valence-corrected chi connectivity index (χ0v) is 7.51. The van der Waals surface area contributed by atoms with Gasteiger partial charge in [-0.1, -0.05) is 0 Å². The van der Waals surface area contributed by atoms with Crippen molar-refractivity contribution in [1.29, 1.82) is 0 Å². The first-order chi connectivity index (χ1) is 5.96. The number of nitrogens with zero attached hydrogens (tertiary/aromatic N) is 1. The number of hydrogen-bond acceptors (Lipinski definition) is 2. The first-order valence-electron chi connectivity index (χ1n) is 4.38. The van der Waals surface area contributed by atoms with E-state index in [0.717, 1.165) is 0 Å². The quantitative estimate of drug-likeness (QED) is 0.720. The van der Waals surface area contributed by atoms with Gasteiger partial charge in [0.05, 0.1) is 12.5 Å². The second-order valence-corrected chi connectivity index (χ2v) is 3.44. The topological polar surface area (TPSA) is 23.5 Å². The number of halogens is 3. The van der Waals surface area contributed by atoms with Crippen LogP contribution in [0.5, 0.6) is 0 Å². The molecule has 1 heterocycles. The van der Waals surface area contributed by atoms with Gasteiger partial charge in [-0.2, -0.15) is 13.2 Å². The minimum atomic E-state index is -4.09. The third-order valence-corrected chi connectivity index (χ3v) is 2.69. The first-order valence-corrected chi connectivity index (χ1v) is 4.38. The van der Waals surface area contributed by atoms with E-state index in [9.17, 15) is 13.2 Å². The van der Waals surface area contributed by atoms with Crippen LogP contribution in [0.25, 0.3) is 0 Å². The van der Waals surface area contributed by atoms with Crippen molar-refractivity contribution >= 4 is 0 Å². The number of β-amino-alcohol motifs (C(OH)–C–C–N with tert-alkyl or cyclic N) is 1. The minimum absolute atomic E-state index is 0.0745. The smallest absolute Gasteiger partial charge is 0.393 e. The van der Waals surface area contributed by atoms with Crippen molar-refractivity contribution in [2.75, 3.05) is 19.7 Å². The maximum absolute atomic E-state index is 12.3. The van der Waals surface area contributed by atoms with Crippen molar-refractivity contribution in [2.24, 2.45) is 5.92 Å². The Hall–Kier alpha value is -0.290. The van der Waals surface area contributed by atoms with Gasteiger partial charge in [0.15, 0.2) is 0 Å². The summed E-state index contributed by atoms with van der Waals surface area (Å²) >= 11 is 0. The van der Waals surface area contributed by atoms with Gasteiger partial charge in [0.1, 0.15) is 0 Å². The van der Waals surface area contributed by atoms with Crippen molar-refractivity contribution in [3.8, 4) is 0 Å². The van der Waals surface area contributed by atoms with Gasteiger partial charge < -0.3 is 5.11 Å². The van der Waals surface area contributed by atoms with E-state index in [0.29, 0.717) is 13.1 Å². The normalized spacial score (nSPS) is 31.2. The maximum atomic E-state index is 12.3. The van der Waals surface area contributed by atoms with Crippen LogP contribution in [0, 0.1) is 5.92 Å². The lowest BCUT2D eigenvalue weighted by atomic mass is 10.0. The largest absolute Gasteiger partial charge is 0.395 e. The molecule has 1 aliphatic heterocycles. The van der Waals surface area contributed by atoms with Gasteiger partial charge in [-0.3, -0.25) is 4.90 Å². The Balaban J connectivity index is 2.55. The van der Waals surface area contributed by atoms with Crippen LogP contribution in [0.4, 0.5) is 13.2 Å². The van der Waals surface area contributed by atoms with Crippen LogP contribution in [0.1, 0.15) is 13.3 Å². The van der Waals surface area contributed by atoms with Crippen molar-refractivity contribution in [3.05, 3.63) is 0 Å². The Bertz CT molecular complexity index is 171. The summed E-state index contributed by atoms with van der Waals surface area (Å²) in [7, 11) is 0. The molecule has 0 saturated carbocycles. The van der Waals surface area contributed by atoms with Gasteiger partial charge in [-0.25, -0.2) is 0 Å². The molecule has 0 aliphatic carbocycles. The van der Waals surface area contributed by atoms with Crippen LogP contribution < -0.4 is 0 Å². The van der Waals surface area contributed by atoms with Crippen LogP contribution in [0.15, 0.2) is 0 Å². The molecule has 5 heteroatoms. The predicted octanol–water partition coefficient (Wildman–Crippen LogP) is 1.25. The fraction of sp³-hybridized carbons (Fsp3) is 1.00. The molecule has 13 heavy (non-hydrogen) atoms. The molecule has 0 amide bonds. The summed E-state index contributed by atoms with van der Waals surface area (Å²) in [6.07, 6.45) is -3.94. The second kappa shape index (κ2) is 3.84. The summed E-state index contributed by atoms with van der Waals surface area (Å²) in [5, 5.41) is 8.61. The third-order valence-electron chi connectivity index (χ3n) is 2.69. The molecule has 2 unspecified atom stereocenters. The number of aliphatic hydroxyl groups excluding tert-OH is 1. The van der Waals surface area contributed by atoms with Crippen molar-refractivity contribution in [1.82, 2.24) is 4.90 Å². The Labute approximate surface area is 75.3 Å². The van der Waals surface area contributed by atoms with Gasteiger partial charge in [0, 0.05) is 12.6 Å². The lowest BCUT2D eigenvalue weighted by Crippen LogP contribution is -2.37. The summed E-state index contributed by atoms with van der Waals surface area (Å²) in [5.41, 5.74) is 0. The van der Waals surface area contributed by atoms with Crippen LogP contribution >= 0.6 is 0 Å². The Morgan fingerprint density at radius 1 is 1.46 bits per heavy atom. The predicted molar refractivity (Wildman–Crippen MR) is 42.3 cm³/mol. The molecule has 0 aromatic carbocycles. The van der Waals surface area contributed by atoms with E-state index in [1.54, 1.807) is 11.8 Å². The monoisotopic (exact) mass is 197 g/mol. The zero-order chi connectivity index (χ0) is 10.1. The molecule has 0 radical (unpaired) electrons. The van der Waals surface area contributed by atoms with Crippen molar-refractivity contribution in [3.63, 3.8) is 0 Å². The van der Waals surface area contributed by atoms with Crippen LogP contribution in [-0.2, 0) is 0 Å². The molecule has 78 valence electrons. The highest BCUT2D eigenvalue weighted by Crippen LogP contribution is 2.37. The molecule has 2 nitrogen and oxygen atoms in total. The molecular weight excluding hydrogens is 183 g/mol. The second-order valence-electron chi connectivity index (χ2n) is 3.44. The summed E-state index contributed by atoms with van der Waals surface area (Å²) in [4.78, 5) is 1.68. The average molecular weight is 197 g/mol. The maximum Gasteiger partial charge on any atom is 0.393 e. The number of alkyl halides is 3. The molecule has 0 spiro atoms. The zero-order valence-electron chi connectivity index (χ0n) is 7.51. The summed E-state index contributed by atoms with van der Waals surface area (Å²) < 4.78 is 37.0. The molecule has 0 bridgehead atoms. The number of likely N-dealkylation sites (tertiary alicyclic amines) is 1. The lowest BCUT2D eigenvalue weighted by molar-refractivity contribution is -0.178. The van der Waals surface area contributed by atoms with E-state index < -0.39 is 18.1 Å². The highest BCUT2D eigenvalue weighted by atomic mass is 19.4. The van der Waals surface area contributed by atoms with Gasteiger partial charge in [-0.05, 0) is 19.9 Å². The van der Waals surface area contributed by atoms with Crippen LogP contribution in [0.2, 0.25) is 0 Å². The number of aliphatic hydroxyl groups is 1. The van der Waals surface area contributed by atoms with E-state index in [1.807, 2.05) is 0 Å². The molecule has 1 fully saturated rings. The Morgan fingerprint density at radius 3 is 2.46 bits per heavy atom. The van der Waals surface area contributed by atoms with Crippen molar-refractivity contribution < 1.29 is 18.3 Å². The molecular formula is C8H14F3NO. The Kier molecular flexibility index (Phi) is 3.18. The Morgan fingerprint density at radius 2 is 2.08 bits per heavy atom. The third kappa shape index (κ3) is 2.34. The summed E-state index contributed by atoms with van der Waals surface area (Å²) in [6.45, 7) is 2.27.